The third kappa shape index (κ3) is 7.52. The topological polar surface area (TPSA) is 64.1 Å². The van der Waals surface area contributed by atoms with E-state index in [1.165, 1.54) is 12.1 Å². The summed E-state index contributed by atoms with van der Waals surface area (Å²) in [5.74, 6) is 1.35. The summed E-state index contributed by atoms with van der Waals surface area (Å²) >= 11 is 0. The summed E-state index contributed by atoms with van der Waals surface area (Å²) in [5.41, 5.74) is 1.19. The summed E-state index contributed by atoms with van der Waals surface area (Å²) in [6, 6.07) is 11.4. The van der Waals surface area contributed by atoms with Crippen LogP contribution in [0.15, 0.2) is 47.5 Å². The lowest BCUT2D eigenvalue weighted by molar-refractivity contribution is -0.274. The Bertz CT molecular complexity index is 817. The van der Waals surface area contributed by atoms with E-state index in [-0.39, 0.29) is 36.3 Å². The van der Waals surface area contributed by atoms with E-state index in [1.54, 1.807) is 39.5 Å². The van der Waals surface area contributed by atoms with Gasteiger partial charge in [0.15, 0.2) is 17.5 Å². The molecule has 10 heteroatoms. The average Bonchev–Trinajstić information content (AvgIpc) is 2.67. The first-order valence-corrected chi connectivity index (χ1v) is 8.36. The molecule has 2 aromatic carbocycles. The molecule has 0 spiro atoms. The third-order valence-electron chi connectivity index (χ3n) is 3.80. The number of methoxy groups -OCH3 is 2. The second kappa shape index (κ2) is 11.6. The first-order valence-electron chi connectivity index (χ1n) is 8.36. The van der Waals surface area contributed by atoms with Crippen molar-refractivity contribution >= 4 is 29.9 Å². The number of rotatable bonds is 7. The fraction of sp³-hybridized carbons (Fsp3) is 0.316. The molecule has 0 atom stereocenters. The summed E-state index contributed by atoms with van der Waals surface area (Å²) < 4.78 is 52.3. The van der Waals surface area contributed by atoms with Crippen molar-refractivity contribution < 1.29 is 27.4 Å². The minimum atomic E-state index is -4.75. The summed E-state index contributed by atoms with van der Waals surface area (Å²) in [5, 5.41) is 6.06. The maximum atomic E-state index is 12.5. The highest BCUT2D eigenvalue weighted by Crippen LogP contribution is 2.30. The Labute approximate surface area is 184 Å². The van der Waals surface area contributed by atoms with E-state index in [4.69, 9.17) is 9.47 Å². The zero-order valence-electron chi connectivity index (χ0n) is 16.2. The first-order chi connectivity index (χ1) is 13.4. The summed E-state index contributed by atoms with van der Waals surface area (Å²) in [7, 11) is 4.66. The van der Waals surface area contributed by atoms with Gasteiger partial charge in [0.25, 0.3) is 0 Å². The molecule has 0 saturated carbocycles. The molecule has 2 rings (SSSR count). The molecule has 0 aliphatic carbocycles. The Balaban J connectivity index is 0.00000420. The van der Waals surface area contributed by atoms with Crippen LogP contribution in [0.25, 0.3) is 0 Å². The number of halogens is 4. The normalized spacial score (nSPS) is 11.3. The van der Waals surface area contributed by atoms with Gasteiger partial charge in [-0.15, -0.1) is 37.1 Å². The zero-order valence-corrected chi connectivity index (χ0v) is 18.5. The van der Waals surface area contributed by atoms with E-state index in [1.807, 2.05) is 12.1 Å². The maximum Gasteiger partial charge on any atom is 0.573 e. The summed E-state index contributed by atoms with van der Waals surface area (Å²) in [6.45, 7) is 0.474. The van der Waals surface area contributed by atoms with Gasteiger partial charge in [-0.3, -0.25) is 4.99 Å². The number of para-hydroxylation sites is 2. The highest BCUT2D eigenvalue weighted by Gasteiger charge is 2.31. The monoisotopic (exact) mass is 525 g/mol. The van der Waals surface area contributed by atoms with E-state index in [2.05, 4.69) is 20.4 Å². The Kier molecular flexibility index (Phi) is 9.86. The van der Waals surface area contributed by atoms with Gasteiger partial charge in [-0.25, -0.2) is 0 Å². The molecule has 29 heavy (non-hydrogen) atoms. The number of nitrogens with zero attached hydrogens (tertiary/aromatic N) is 1. The highest BCUT2D eigenvalue weighted by molar-refractivity contribution is 14.0. The molecular weight excluding hydrogens is 502 g/mol. The van der Waals surface area contributed by atoms with Crippen LogP contribution in [0, 0.1) is 0 Å². The van der Waals surface area contributed by atoms with Gasteiger partial charge in [0, 0.05) is 31.3 Å². The molecule has 0 radical (unpaired) electrons. The smallest absolute Gasteiger partial charge is 0.493 e. The van der Waals surface area contributed by atoms with Crippen LogP contribution in [-0.2, 0) is 13.1 Å². The molecule has 0 aliphatic rings. The van der Waals surface area contributed by atoms with Crippen LogP contribution in [0.2, 0.25) is 0 Å². The number of alkyl halides is 3. The maximum absolute atomic E-state index is 12.5. The van der Waals surface area contributed by atoms with Crippen LogP contribution >= 0.6 is 24.0 Å². The van der Waals surface area contributed by atoms with Crippen molar-refractivity contribution in [1.82, 2.24) is 10.6 Å². The SMILES string of the molecule is CN=C(NCc1ccccc1OC(F)(F)F)NCc1cccc(OC)c1OC.I. The Hall–Kier alpha value is -2.37. The molecule has 0 unspecified atom stereocenters. The Morgan fingerprint density at radius 2 is 1.48 bits per heavy atom. The number of ether oxygens (including phenoxy) is 3. The molecule has 0 aliphatic heterocycles. The van der Waals surface area contributed by atoms with E-state index in [0.29, 0.717) is 29.6 Å². The second-order valence-electron chi connectivity index (χ2n) is 5.59. The molecule has 2 N–H and O–H groups in total. The van der Waals surface area contributed by atoms with Crippen LogP contribution < -0.4 is 24.8 Å². The largest absolute Gasteiger partial charge is 0.573 e. The quantitative estimate of drug-likeness (QED) is 0.324. The fourth-order valence-corrected chi connectivity index (χ4v) is 2.55. The molecule has 0 fully saturated rings. The number of benzene rings is 2. The van der Waals surface area contributed by atoms with Gasteiger partial charge >= 0.3 is 6.36 Å². The summed E-state index contributed by atoms with van der Waals surface area (Å²) in [4.78, 5) is 4.08. The predicted octanol–water partition coefficient (Wildman–Crippen LogP) is 4.09. The second-order valence-corrected chi connectivity index (χ2v) is 5.59. The number of aliphatic imine (C=N–C) groups is 1. The fourth-order valence-electron chi connectivity index (χ4n) is 2.55. The Morgan fingerprint density at radius 1 is 0.897 bits per heavy atom. The summed E-state index contributed by atoms with van der Waals surface area (Å²) in [6.07, 6.45) is -4.75. The van der Waals surface area contributed by atoms with Gasteiger partial charge in [0.05, 0.1) is 14.2 Å². The zero-order chi connectivity index (χ0) is 20.6. The van der Waals surface area contributed by atoms with Crippen molar-refractivity contribution in [3.63, 3.8) is 0 Å². The average molecular weight is 525 g/mol. The van der Waals surface area contributed by atoms with Gasteiger partial charge in [-0.05, 0) is 12.1 Å². The van der Waals surface area contributed by atoms with Crippen molar-refractivity contribution in [3.8, 4) is 17.2 Å². The minimum Gasteiger partial charge on any atom is -0.493 e. The minimum absolute atomic E-state index is 0. The molecule has 0 aromatic heterocycles. The van der Waals surface area contributed by atoms with Crippen molar-refractivity contribution in [3.05, 3.63) is 53.6 Å². The lowest BCUT2D eigenvalue weighted by Crippen LogP contribution is -2.36. The van der Waals surface area contributed by atoms with E-state index >= 15 is 0 Å². The molecule has 0 saturated heterocycles. The lowest BCUT2D eigenvalue weighted by Gasteiger charge is -2.17. The number of guanidine groups is 1. The van der Waals surface area contributed by atoms with Crippen molar-refractivity contribution in [1.29, 1.82) is 0 Å². The Morgan fingerprint density at radius 3 is 2.07 bits per heavy atom. The third-order valence-corrected chi connectivity index (χ3v) is 3.80. The van der Waals surface area contributed by atoms with Crippen LogP contribution in [0.4, 0.5) is 13.2 Å². The number of hydrogen-bond donors (Lipinski definition) is 2. The standard InChI is InChI=1S/C19H22F3N3O3.HI/c1-23-18(25-12-14-8-6-10-16(26-2)17(14)27-3)24-11-13-7-4-5-9-15(13)28-19(20,21)22;/h4-10H,11-12H2,1-3H3,(H2,23,24,25);1H. The van der Waals surface area contributed by atoms with Gasteiger partial charge in [0.1, 0.15) is 5.75 Å². The van der Waals surface area contributed by atoms with Crippen LogP contribution in [0.3, 0.4) is 0 Å². The van der Waals surface area contributed by atoms with Crippen molar-refractivity contribution in [2.24, 2.45) is 4.99 Å². The number of hydrogen-bond acceptors (Lipinski definition) is 4. The van der Waals surface area contributed by atoms with Crippen molar-refractivity contribution in [2.75, 3.05) is 21.3 Å². The van der Waals surface area contributed by atoms with Crippen LogP contribution in [0.5, 0.6) is 17.2 Å². The molecule has 2 aromatic rings. The molecule has 0 heterocycles. The van der Waals surface area contributed by atoms with Crippen LogP contribution in [-0.4, -0.2) is 33.6 Å². The van der Waals surface area contributed by atoms with E-state index in [0.717, 1.165) is 5.56 Å². The van der Waals surface area contributed by atoms with Gasteiger partial charge in [-0.1, -0.05) is 30.3 Å². The lowest BCUT2D eigenvalue weighted by atomic mass is 10.2. The molecule has 6 nitrogen and oxygen atoms in total. The molecule has 160 valence electrons. The molecule has 0 amide bonds. The predicted molar refractivity (Wildman–Crippen MR) is 115 cm³/mol. The van der Waals surface area contributed by atoms with Gasteiger partial charge < -0.3 is 24.8 Å². The van der Waals surface area contributed by atoms with Gasteiger partial charge in [0.2, 0.25) is 0 Å². The van der Waals surface area contributed by atoms with Crippen molar-refractivity contribution in [2.45, 2.75) is 19.5 Å². The first kappa shape index (κ1) is 24.7. The highest BCUT2D eigenvalue weighted by atomic mass is 127. The number of nitrogens with one attached hydrogen (secondary N) is 2. The molecular formula is C19H23F3IN3O3. The van der Waals surface area contributed by atoms with Gasteiger partial charge in [-0.2, -0.15) is 0 Å². The van der Waals surface area contributed by atoms with Crippen LogP contribution in [0.1, 0.15) is 11.1 Å². The molecule has 0 bridgehead atoms. The van der Waals surface area contributed by atoms with E-state index in [9.17, 15) is 13.2 Å². The van der Waals surface area contributed by atoms with E-state index < -0.39 is 6.36 Å².